The summed E-state index contributed by atoms with van der Waals surface area (Å²) in [6.45, 7) is 8.08. The van der Waals surface area contributed by atoms with Crippen molar-refractivity contribution in [1.82, 2.24) is 0 Å². The van der Waals surface area contributed by atoms with Gasteiger partial charge in [0.05, 0.1) is 0 Å². The Morgan fingerprint density at radius 2 is 1.60 bits per heavy atom. The molecule has 15 heavy (non-hydrogen) atoms. The van der Waals surface area contributed by atoms with Crippen LogP contribution >= 0.6 is 0 Å². The summed E-state index contributed by atoms with van der Waals surface area (Å²) < 4.78 is 0. The standard InChI is InChI=1S/C5H5.C3H8N.C2H7Si.2ClH.Ti/c1-2-4-5-3-1;1-3(2)4;1-3-2;;;/h1-3H,4H2;3-4H,1-2H3;3H,1-2H3;2*1H;/q2*-1;;;;+4/p-2. The molecule has 87 valence electrons. The molecular weight excluding hydrogens is 281 g/mol. The van der Waals surface area contributed by atoms with Gasteiger partial charge in [-0.2, -0.15) is 6.08 Å². The van der Waals surface area contributed by atoms with E-state index in [0.29, 0.717) is 0 Å². The van der Waals surface area contributed by atoms with Crippen molar-refractivity contribution in [1.29, 1.82) is 0 Å². The van der Waals surface area contributed by atoms with Crippen molar-refractivity contribution >= 4 is 9.52 Å². The summed E-state index contributed by atoms with van der Waals surface area (Å²) in [6.07, 6.45) is 10.0. The van der Waals surface area contributed by atoms with Crippen LogP contribution in [0.3, 0.4) is 0 Å². The van der Waals surface area contributed by atoms with E-state index in [0.717, 1.165) is 15.9 Å². The molecule has 0 bridgehead atoms. The Labute approximate surface area is 125 Å². The number of rotatable bonds is 0. The zero-order chi connectivity index (χ0) is 9.82. The quantitative estimate of drug-likeness (QED) is 0.343. The van der Waals surface area contributed by atoms with E-state index in [1.807, 2.05) is 26.0 Å². The Morgan fingerprint density at radius 3 is 1.67 bits per heavy atom. The Morgan fingerprint density at radius 1 is 1.27 bits per heavy atom. The number of nitrogens with one attached hydrogen (secondary N) is 1. The molecule has 0 saturated heterocycles. The van der Waals surface area contributed by atoms with Crippen molar-refractivity contribution in [2.45, 2.75) is 39.4 Å². The van der Waals surface area contributed by atoms with Crippen LogP contribution in [-0.2, 0) is 21.7 Å². The largest absolute Gasteiger partial charge is 4.00 e. The molecule has 0 unspecified atom stereocenters. The normalized spacial score (nSPS) is 9.47. The summed E-state index contributed by atoms with van der Waals surface area (Å²) in [5.74, 6) is 0. The van der Waals surface area contributed by atoms with E-state index in [1.54, 1.807) is 0 Å². The summed E-state index contributed by atoms with van der Waals surface area (Å²) in [7, 11) is 0.750. The molecule has 1 radical (unpaired) electrons. The number of hydrogen-bond acceptors (Lipinski definition) is 0. The van der Waals surface area contributed by atoms with Crippen LogP contribution in [0.5, 0.6) is 0 Å². The van der Waals surface area contributed by atoms with E-state index < -0.39 is 0 Å². The maximum absolute atomic E-state index is 6.58. The SMILES string of the molecule is CC(C)[NH-].C[SiH]C.[C-]1=CC=CC1.[Cl-].[Cl-].[Ti+4]. The first kappa shape index (κ1) is 29.7. The van der Waals surface area contributed by atoms with Crippen LogP contribution in [0.25, 0.3) is 5.73 Å². The van der Waals surface area contributed by atoms with Crippen molar-refractivity contribution in [2.75, 3.05) is 0 Å². The van der Waals surface area contributed by atoms with E-state index in [9.17, 15) is 0 Å². The van der Waals surface area contributed by atoms with Crippen LogP contribution in [0.15, 0.2) is 18.2 Å². The van der Waals surface area contributed by atoms with Crippen LogP contribution in [0.2, 0.25) is 13.1 Å². The number of hydrogen-bond donors (Lipinski definition) is 0. The van der Waals surface area contributed by atoms with Gasteiger partial charge in [-0.3, -0.25) is 6.08 Å². The molecule has 0 aromatic rings. The van der Waals surface area contributed by atoms with Gasteiger partial charge in [0.25, 0.3) is 0 Å². The molecular formula is C10H20Cl2NSiTi. The molecule has 0 heterocycles. The van der Waals surface area contributed by atoms with Crippen molar-refractivity contribution < 1.29 is 46.5 Å². The number of allylic oxidation sites excluding steroid dienone is 4. The van der Waals surface area contributed by atoms with Gasteiger partial charge in [0, 0.05) is 9.52 Å². The summed E-state index contributed by atoms with van der Waals surface area (Å²) in [5, 5.41) is 0. The van der Waals surface area contributed by atoms with Gasteiger partial charge in [-0.05, 0) is 0 Å². The van der Waals surface area contributed by atoms with Gasteiger partial charge in [0.15, 0.2) is 0 Å². The van der Waals surface area contributed by atoms with Crippen LogP contribution < -0.4 is 24.8 Å². The third-order valence-corrected chi connectivity index (χ3v) is 0.586. The summed E-state index contributed by atoms with van der Waals surface area (Å²) >= 11 is 0. The van der Waals surface area contributed by atoms with E-state index in [4.69, 9.17) is 5.73 Å². The van der Waals surface area contributed by atoms with E-state index in [1.165, 1.54) is 0 Å². The zero-order valence-corrected chi connectivity index (χ0v) is 14.1. The third kappa shape index (κ3) is 70.8. The maximum atomic E-state index is 6.58. The first-order valence-corrected chi connectivity index (χ1v) is 6.62. The maximum Gasteiger partial charge on any atom is 4.00 e. The molecule has 0 amide bonds. The monoisotopic (exact) mass is 300 g/mol. The molecule has 0 aliphatic heterocycles. The molecule has 0 aromatic heterocycles. The van der Waals surface area contributed by atoms with Crippen molar-refractivity contribution in [3.63, 3.8) is 0 Å². The molecule has 1 nitrogen and oxygen atoms in total. The second-order valence-electron chi connectivity index (χ2n) is 2.74. The molecule has 0 fully saturated rings. The van der Waals surface area contributed by atoms with Crippen LogP contribution in [-0.4, -0.2) is 15.6 Å². The van der Waals surface area contributed by atoms with E-state index in [2.05, 4.69) is 25.2 Å². The Hall–Kier alpha value is 0.951. The van der Waals surface area contributed by atoms with Gasteiger partial charge in [-0.1, -0.05) is 26.9 Å². The molecule has 0 spiro atoms. The minimum absolute atomic E-state index is 0. The second kappa shape index (κ2) is 29.4. The van der Waals surface area contributed by atoms with E-state index in [-0.39, 0.29) is 52.6 Å². The van der Waals surface area contributed by atoms with Crippen molar-refractivity contribution in [3.05, 3.63) is 30.0 Å². The molecule has 1 rings (SSSR count). The third-order valence-electron chi connectivity index (χ3n) is 0.586. The average molecular weight is 301 g/mol. The van der Waals surface area contributed by atoms with Crippen LogP contribution in [0, 0.1) is 6.08 Å². The first-order valence-electron chi connectivity index (χ1n) is 4.32. The van der Waals surface area contributed by atoms with Crippen molar-refractivity contribution in [3.8, 4) is 0 Å². The summed E-state index contributed by atoms with van der Waals surface area (Å²) in [6, 6.07) is 0.0833. The average Bonchev–Trinajstić information content (AvgIpc) is 2.40. The molecule has 1 N–H and O–H groups in total. The number of halogens is 2. The summed E-state index contributed by atoms with van der Waals surface area (Å²) in [4.78, 5) is 0. The van der Waals surface area contributed by atoms with Gasteiger partial charge < -0.3 is 30.5 Å². The van der Waals surface area contributed by atoms with Gasteiger partial charge in [0.1, 0.15) is 0 Å². The fourth-order valence-electron chi connectivity index (χ4n) is 0.340. The first-order chi connectivity index (χ1) is 5.65. The van der Waals surface area contributed by atoms with Crippen LogP contribution in [0.1, 0.15) is 20.3 Å². The molecule has 0 aromatic carbocycles. The van der Waals surface area contributed by atoms with Gasteiger partial charge in [0.2, 0.25) is 0 Å². The molecule has 1 aliphatic rings. The Bertz CT molecular complexity index is 118. The van der Waals surface area contributed by atoms with Gasteiger partial charge in [-0.25, -0.2) is 12.2 Å². The molecule has 5 heteroatoms. The van der Waals surface area contributed by atoms with Gasteiger partial charge >= 0.3 is 21.7 Å². The summed E-state index contributed by atoms with van der Waals surface area (Å²) in [5.41, 5.74) is 6.58. The predicted molar refractivity (Wildman–Crippen MR) is 59.9 cm³/mol. The van der Waals surface area contributed by atoms with Gasteiger partial charge in [-0.15, -0.1) is 12.5 Å². The zero-order valence-electron chi connectivity index (χ0n) is 9.85. The fraction of sp³-hybridized carbons (Fsp3) is 0.600. The molecule has 0 atom stereocenters. The predicted octanol–water partition coefficient (Wildman–Crippen LogP) is -2.72. The molecule has 0 saturated carbocycles. The van der Waals surface area contributed by atoms with Crippen molar-refractivity contribution in [2.24, 2.45) is 0 Å². The molecule has 1 aliphatic carbocycles. The Kier molecular flexibility index (Phi) is 58.2. The van der Waals surface area contributed by atoms with Crippen LogP contribution in [0.4, 0.5) is 0 Å². The minimum atomic E-state index is 0. The minimum Gasteiger partial charge on any atom is -1.00 e. The smallest absolute Gasteiger partial charge is 1.00 e. The topological polar surface area (TPSA) is 23.8 Å². The Balaban J connectivity index is -0.0000000313. The second-order valence-corrected chi connectivity index (χ2v) is 3.89. The van der Waals surface area contributed by atoms with E-state index >= 15 is 0 Å². The fourth-order valence-corrected chi connectivity index (χ4v) is 0.340.